The molecule has 0 aliphatic heterocycles. The summed E-state index contributed by atoms with van der Waals surface area (Å²) in [7, 11) is 0. The first-order valence-corrected chi connectivity index (χ1v) is 8.15. The van der Waals surface area contributed by atoms with Gasteiger partial charge >= 0.3 is 0 Å². The summed E-state index contributed by atoms with van der Waals surface area (Å²) in [5.41, 5.74) is 16.5. The number of nitrogens with one attached hydrogen (secondary N) is 1. The lowest BCUT2D eigenvalue weighted by Gasteiger charge is -2.18. The molecule has 0 unspecified atom stereocenters. The molecule has 4 rings (SSSR count). The molecule has 0 bridgehead atoms. The maximum atomic E-state index is 6.05. The smallest absolute Gasteiger partial charge is 0.222 e. The van der Waals surface area contributed by atoms with Gasteiger partial charge in [-0.3, -0.25) is 0 Å². The van der Waals surface area contributed by atoms with Gasteiger partial charge in [0.25, 0.3) is 0 Å². The van der Waals surface area contributed by atoms with E-state index in [4.69, 9.17) is 16.5 Å². The molecule has 0 amide bonds. The van der Waals surface area contributed by atoms with Crippen LogP contribution in [0.5, 0.6) is 0 Å². The summed E-state index contributed by atoms with van der Waals surface area (Å²) in [5.74, 6) is 1.30. The van der Waals surface area contributed by atoms with E-state index in [0.29, 0.717) is 11.3 Å². The Hall–Kier alpha value is -3.15. The molecule has 4 aromatic rings. The number of nitrogens with two attached hydrogens (primary N) is 2. The van der Waals surface area contributed by atoms with E-state index in [1.165, 1.54) is 5.56 Å². The van der Waals surface area contributed by atoms with Crippen molar-refractivity contribution in [3.05, 3.63) is 42.0 Å². The van der Waals surface area contributed by atoms with E-state index in [2.05, 4.69) is 60.0 Å². The quantitative estimate of drug-likeness (QED) is 0.493. The molecule has 0 aliphatic rings. The Morgan fingerprint density at radius 3 is 2.28 bits per heavy atom. The van der Waals surface area contributed by atoms with Crippen LogP contribution in [0.2, 0.25) is 0 Å². The summed E-state index contributed by atoms with van der Waals surface area (Å²) in [6, 6.07) is 12.2. The molecule has 6 heteroatoms. The number of hydrogen-bond donors (Lipinski definition) is 3. The molecule has 25 heavy (non-hydrogen) atoms. The summed E-state index contributed by atoms with van der Waals surface area (Å²) in [4.78, 5) is 16.4. The first-order chi connectivity index (χ1) is 11.8. The number of hydrogen-bond acceptors (Lipinski definition) is 5. The van der Waals surface area contributed by atoms with E-state index in [9.17, 15) is 0 Å². The van der Waals surface area contributed by atoms with E-state index in [-0.39, 0.29) is 11.4 Å². The zero-order valence-electron chi connectivity index (χ0n) is 14.5. The van der Waals surface area contributed by atoms with Crippen molar-refractivity contribution in [1.29, 1.82) is 0 Å². The maximum Gasteiger partial charge on any atom is 0.222 e. The van der Waals surface area contributed by atoms with Crippen LogP contribution in [-0.2, 0) is 5.41 Å². The van der Waals surface area contributed by atoms with Crippen molar-refractivity contribution >= 4 is 33.7 Å². The summed E-state index contributed by atoms with van der Waals surface area (Å²) in [5, 5.41) is 0.723. The molecule has 0 aliphatic carbocycles. The molecule has 126 valence electrons. The van der Waals surface area contributed by atoms with E-state index in [1.807, 2.05) is 12.1 Å². The van der Waals surface area contributed by atoms with Crippen LogP contribution in [0.3, 0.4) is 0 Å². The number of imidazole rings is 1. The second kappa shape index (κ2) is 5.17. The van der Waals surface area contributed by atoms with Crippen molar-refractivity contribution in [2.45, 2.75) is 26.2 Å². The molecule has 0 fully saturated rings. The Morgan fingerprint density at radius 2 is 1.60 bits per heavy atom. The van der Waals surface area contributed by atoms with Gasteiger partial charge in [-0.05, 0) is 23.1 Å². The van der Waals surface area contributed by atoms with E-state index in [1.54, 1.807) is 0 Å². The fourth-order valence-corrected chi connectivity index (χ4v) is 3.00. The lowest BCUT2D eigenvalue weighted by Crippen LogP contribution is -2.10. The fraction of sp³-hybridized carbons (Fsp3) is 0.211. The number of aromatic nitrogens is 4. The van der Waals surface area contributed by atoms with Gasteiger partial charge in [0.1, 0.15) is 17.2 Å². The van der Waals surface area contributed by atoms with Gasteiger partial charge in [0.05, 0.1) is 16.4 Å². The predicted octanol–water partition coefficient (Wildman–Crippen LogP) is 3.64. The topological polar surface area (TPSA) is 106 Å². The second-order valence-corrected chi connectivity index (χ2v) is 7.24. The number of rotatable bonds is 1. The number of anilines is 2. The molecule has 0 spiro atoms. The molecular formula is C19H20N6. The molecule has 0 saturated carbocycles. The van der Waals surface area contributed by atoms with Crippen molar-refractivity contribution in [2.75, 3.05) is 11.5 Å². The molecule has 6 nitrogen and oxygen atoms in total. The summed E-state index contributed by atoms with van der Waals surface area (Å²) in [6.45, 7) is 6.59. The third-order valence-electron chi connectivity index (χ3n) is 4.38. The van der Waals surface area contributed by atoms with Crippen LogP contribution < -0.4 is 11.5 Å². The van der Waals surface area contributed by atoms with Crippen LogP contribution >= 0.6 is 0 Å². The summed E-state index contributed by atoms with van der Waals surface area (Å²) >= 11 is 0. The Morgan fingerprint density at radius 1 is 0.880 bits per heavy atom. The highest BCUT2D eigenvalue weighted by molar-refractivity contribution is 6.08. The Kier molecular flexibility index (Phi) is 3.18. The van der Waals surface area contributed by atoms with E-state index in [0.717, 1.165) is 27.8 Å². The molecule has 5 N–H and O–H groups in total. The summed E-state index contributed by atoms with van der Waals surface area (Å²) < 4.78 is 0. The normalized spacial score (nSPS) is 12.1. The van der Waals surface area contributed by atoms with Gasteiger partial charge < -0.3 is 16.5 Å². The number of H-pyrrole nitrogens is 1. The summed E-state index contributed by atoms with van der Waals surface area (Å²) in [6.07, 6.45) is 0. The van der Waals surface area contributed by atoms with Crippen molar-refractivity contribution in [3.8, 4) is 11.4 Å². The monoisotopic (exact) mass is 332 g/mol. The average molecular weight is 332 g/mol. The molecule has 0 radical (unpaired) electrons. The Bertz CT molecular complexity index is 1090. The minimum absolute atomic E-state index is 0.119. The predicted molar refractivity (Wildman–Crippen MR) is 102 cm³/mol. The number of nitrogens with zero attached hydrogens (tertiary/aromatic N) is 3. The van der Waals surface area contributed by atoms with Gasteiger partial charge in [-0.1, -0.05) is 45.0 Å². The van der Waals surface area contributed by atoms with Gasteiger partial charge in [-0.25, -0.2) is 9.97 Å². The number of fused-ring (bicyclic) bond motifs is 3. The molecule has 2 aromatic carbocycles. The van der Waals surface area contributed by atoms with Crippen LogP contribution in [0.4, 0.5) is 11.8 Å². The van der Waals surface area contributed by atoms with Gasteiger partial charge in [-0.2, -0.15) is 4.98 Å². The SMILES string of the molecule is CC(C)(C)c1ccc(-c2nc3c(ccc4nc(N)nc(N)c43)[nH]2)cc1. The van der Waals surface area contributed by atoms with Crippen LogP contribution in [-0.4, -0.2) is 19.9 Å². The van der Waals surface area contributed by atoms with Gasteiger partial charge in [-0.15, -0.1) is 0 Å². The van der Waals surface area contributed by atoms with E-state index >= 15 is 0 Å². The third-order valence-corrected chi connectivity index (χ3v) is 4.38. The Labute approximate surface area is 145 Å². The van der Waals surface area contributed by atoms with Crippen molar-refractivity contribution in [2.24, 2.45) is 0 Å². The number of aromatic amines is 1. The van der Waals surface area contributed by atoms with Gasteiger partial charge in [0, 0.05) is 5.56 Å². The zero-order valence-corrected chi connectivity index (χ0v) is 14.5. The van der Waals surface area contributed by atoms with Crippen molar-refractivity contribution in [3.63, 3.8) is 0 Å². The highest BCUT2D eigenvalue weighted by Crippen LogP contribution is 2.30. The number of nitrogen functional groups attached to an aromatic ring is 2. The lowest BCUT2D eigenvalue weighted by molar-refractivity contribution is 0.590. The van der Waals surface area contributed by atoms with Gasteiger partial charge in [0.2, 0.25) is 5.95 Å². The van der Waals surface area contributed by atoms with Crippen LogP contribution in [0.1, 0.15) is 26.3 Å². The largest absolute Gasteiger partial charge is 0.383 e. The minimum Gasteiger partial charge on any atom is -0.383 e. The highest BCUT2D eigenvalue weighted by atomic mass is 15.0. The van der Waals surface area contributed by atoms with E-state index < -0.39 is 0 Å². The molecule has 2 aromatic heterocycles. The first-order valence-electron chi connectivity index (χ1n) is 8.15. The maximum absolute atomic E-state index is 6.05. The molecule has 0 saturated heterocycles. The van der Waals surface area contributed by atoms with Crippen LogP contribution in [0.15, 0.2) is 36.4 Å². The van der Waals surface area contributed by atoms with Crippen LogP contribution in [0, 0.1) is 0 Å². The average Bonchev–Trinajstić information content (AvgIpc) is 2.97. The standard InChI is InChI=1S/C19H20N6/c1-19(2,3)11-6-4-10(5-7-11)17-22-13-9-8-12-14(15(13)24-17)16(20)25-18(21)23-12/h4-9H,1-3H3,(H,22,24)(H4,20,21,23,25). The van der Waals surface area contributed by atoms with Crippen molar-refractivity contribution < 1.29 is 0 Å². The fourth-order valence-electron chi connectivity index (χ4n) is 3.00. The van der Waals surface area contributed by atoms with Crippen LogP contribution in [0.25, 0.3) is 33.3 Å². The lowest BCUT2D eigenvalue weighted by atomic mass is 9.87. The third kappa shape index (κ3) is 2.55. The number of benzene rings is 2. The minimum atomic E-state index is 0.119. The van der Waals surface area contributed by atoms with Crippen molar-refractivity contribution in [1.82, 2.24) is 19.9 Å². The zero-order chi connectivity index (χ0) is 17.8. The molecule has 0 atom stereocenters. The first kappa shape index (κ1) is 15.4. The Balaban J connectivity index is 1.88. The molecule has 2 heterocycles. The highest BCUT2D eigenvalue weighted by Gasteiger charge is 2.15. The second-order valence-electron chi connectivity index (χ2n) is 7.24. The molecular weight excluding hydrogens is 312 g/mol. The van der Waals surface area contributed by atoms with Gasteiger partial charge in [0.15, 0.2) is 0 Å².